The molecule has 21 heavy (non-hydrogen) atoms. The molecular weight excluding hydrogens is 283 g/mol. The van der Waals surface area contributed by atoms with Crippen LogP contribution >= 0.6 is 11.8 Å². The first-order valence-corrected chi connectivity index (χ1v) is 8.27. The molecule has 0 fully saturated rings. The van der Waals surface area contributed by atoms with Crippen LogP contribution in [0.4, 0.5) is 0 Å². The average Bonchev–Trinajstić information content (AvgIpc) is 2.52. The zero-order chi connectivity index (χ0) is 15.2. The number of hydrogen-bond acceptors (Lipinski definition) is 5. The first-order chi connectivity index (χ1) is 10.2. The minimum Gasteiger partial charge on any atom is -0.387 e. The van der Waals surface area contributed by atoms with E-state index in [1.165, 1.54) is 23.5 Å². The predicted octanol–water partition coefficient (Wildman–Crippen LogP) is 0.770. The maximum absolute atomic E-state index is 12.2. The maximum Gasteiger partial charge on any atom is 0.254 e. The fourth-order valence-corrected chi connectivity index (χ4v) is 2.66. The average molecular weight is 302 g/mol. The normalized spacial score (nSPS) is 14.8. The molecule has 2 radical (unpaired) electrons. The molecule has 0 saturated carbocycles. The Hall–Kier alpha value is -1.50. The van der Waals surface area contributed by atoms with Crippen molar-refractivity contribution in [3.05, 3.63) is 23.0 Å². The zero-order valence-corrected chi connectivity index (χ0v) is 13.2. The highest BCUT2D eigenvalue weighted by atomic mass is 32.2. The zero-order valence-electron chi connectivity index (χ0n) is 12.4. The highest BCUT2D eigenvalue weighted by Crippen LogP contribution is 2.17. The minimum absolute atomic E-state index is 0.216. The lowest BCUT2D eigenvalue weighted by atomic mass is 9.98. The van der Waals surface area contributed by atoms with Crippen LogP contribution in [0.2, 0.25) is 0 Å². The maximum atomic E-state index is 12.2. The Balaban J connectivity index is 2.03. The van der Waals surface area contributed by atoms with Gasteiger partial charge in [0, 0.05) is 24.0 Å². The smallest absolute Gasteiger partial charge is 0.254 e. The molecule has 0 aliphatic carbocycles. The number of carbonyl (C=O) groups excluding carboxylic acids is 1. The van der Waals surface area contributed by atoms with Crippen molar-refractivity contribution in [3.8, 4) is 0 Å². The molecule has 7 heteroatoms. The summed E-state index contributed by atoms with van der Waals surface area (Å²) in [5.41, 5.74) is 3.04. The molecule has 2 rings (SSSR count). The van der Waals surface area contributed by atoms with Crippen LogP contribution in [0, 0.1) is 0 Å². The third-order valence-electron chi connectivity index (χ3n) is 3.50. The van der Waals surface area contributed by atoms with Gasteiger partial charge in [0.25, 0.3) is 5.91 Å². The standard InChI is InChI=1S/C14H19BN4OS/c1-3-9-5-4-6-16-11(9)8-17-13(20)10-7-18-14(21-2)19-12(10)15/h7,16H,3-6,8H2,1-2H3,(H,17,20). The number of amides is 1. The Labute approximate surface area is 130 Å². The molecule has 2 N–H and O–H groups in total. The van der Waals surface area contributed by atoms with E-state index in [1.54, 1.807) is 0 Å². The molecule has 2 heterocycles. The van der Waals surface area contributed by atoms with E-state index >= 15 is 0 Å². The van der Waals surface area contributed by atoms with Crippen molar-refractivity contribution in [2.45, 2.75) is 31.3 Å². The van der Waals surface area contributed by atoms with Gasteiger partial charge in [-0.25, -0.2) is 9.97 Å². The van der Waals surface area contributed by atoms with Gasteiger partial charge >= 0.3 is 0 Å². The van der Waals surface area contributed by atoms with E-state index in [-0.39, 0.29) is 11.5 Å². The van der Waals surface area contributed by atoms with E-state index in [0.29, 0.717) is 17.3 Å². The molecule has 1 amide bonds. The number of nitrogens with one attached hydrogen (secondary N) is 2. The molecule has 1 aliphatic heterocycles. The summed E-state index contributed by atoms with van der Waals surface area (Å²) >= 11 is 1.39. The van der Waals surface area contributed by atoms with Crippen LogP contribution in [0.25, 0.3) is 0 Å². The van der Waals surface area contributed by atoms with E-state index in [2.05, 4.69) is 27.5 Å². The van der Waals surface area contributed by atoms with E-state index in [1.807, 2.05) is 6.26 Å². The molecule has 0 unspecified atom stereocenters. The molecule has 0 bridgehead atoms. The summed E-state index contributed by atoms with van der Waals surface area (Å²) in [6.45, 7) is 3.59. The van der Waals surface area contributed by atoms with Crippen LogP contribution in [0.1, 0.15) is 36.5 Å². The van der Waals surface area contributed by atoms with Gasteiger partial charge in [-0.1, -0.05) is 18.7 Å². The topological polar surface area (TPSA) is 66.9 Å². The van der Waals surface area contributed by atoms with Crippen LogP contribution in [0.5, 0.6) is 0 Å². The lowest BCUT2D eigenvalue weighted by Gasteiger charge is -2.22. The predicted molar refractivity (Wildman–Crippen MR) is 86.1 cm³/mol. The molecule has 1 aromatic rings. The number of nitrogens with zero attached hydrogens (tertiary/aromatic N) is 2. The fraction of sp³-hybridized carbons (Fsp3) is 0.500. The van der Waals surface area contributed by atoms with Crippen LogP contribution in [-0.2, 0) is 0 Å². The van der Waals surface area contributed by atoms with Gasteiger partial charge in [-0.05, 0) is 31.1 Å². The van der Waals surface area contributed by atoms with Gasteiger partial charge in [0.1, 0.15) is 7.85 Å². The van der Waals surface area contributed by atoms with Gasteiger partial charge in [0.15, 0.2) is 5.16 Å². The highest BCUT2D eigenvalue weighted by Gasteiger charge is 2.14. The third-order valence-corrected chi connectivity index (χ3v) is 4.06. The summed E-state index contributed by atoms with van der Waals surface area (Å²) in [6.07, 6.45) is 6.60. The number of hydrogen-bond donors (Lipinski definition) is 2. The number of thioether (sulfide) groups is 1. The van der Waals surface area contributed by atoms with E-state index in [0.717, 1.165) is 31.5 Å². The summed E-state index contributed by atoms with van der Waals surface area (Å²) in [7, 11) is 5.81. The largest absolute Gasteiger partial charge is 0.387 e. The Bertz CT molecular complexity index is 562. The highest BCUT2D eigenvalue weighted by molar-refractivity contribution is 7.98. The van der Waals surface area contributed by atoms with E-state index < -0.39 is 0 Å². The minimum atomic E-state index is -0.240. The monoisotopic (exact) mass is 302 g/mol. The van der Waals surface area contributed by atoms with Gasteiger partial charge < -0.3 is 10.6 Å². The lowest BCUT2D eigenvalue weighted by molar-refractivity contribution is 0.0956. The number of allylic oxidation sites excluding steroid dienone is 1. The Morgan fingerprint density at radius 1 is 1.57 bits per heavy atom. The van der Waals surface area contributed by atoms with Gasteiger partial charge in [0.2, 0.25) is 0 Å². The van der Waals surface area contributed by atoms with Crippen molar-refractivity contribution in [1.29, 1.82) is 0 Å². The molecule has 5 nitrogen and oxygen atoms in total. The molecule has 0 saturated heterocycles. The molecule has 0 atom stereocenters. The molecule has 1 aromatic heterocycles. The van der Waals surface area contributed by atoms with Gasteiger partial charge in [-0.3, -0.25) is 4.79 Å². The molecular formula is C14H19BN4OS. The van der Waals surface area contributed by atoms with Gasteiger partial charge in [-0.2, -0.15) is 0 Å². The van der Waals surface area contributed by atoms with Crippen LogP contribution in [-0.4, -0.2) is 43.1 Å². The van der Waals surface area contributed by atoms with Crippen LogP contribution in [0.3, 0.4) is 0 Å². The van der Waals surface area contributed by atoms with E-state index in [4.69, 9.17) is 7.85 Å². The van der Waals surface area contributed by atoms with Gasteiger partial charge in [-0.15, -0.1) is 0 Å². The summed E-state index contributed by atoms with van der Waals surface area (Å²) in [5.74, 6) is -0.240. The second-order valence-electron chi connectivity index (χ2n) is 4.80. The summed E-state index contributed by atoms with van der Waals surface area (Å²) in [6, 6.07) is 0. The van der Waals surface area contributed by atoms with Crippen molar-refractivity contribution in [2.75, 3.05) is 19.3 Å². The second-order valence-corrected chi connectivity index (χ2v) is 5.58. The lowest BCUT2D eigenvalue weighted by Crippen LogP contribution is -2.36. The number of rotatable bonds is 5. The fourth-order valence-electron chi connectivity index (χ4n) is 2.31. The molecule has 0 aromatic carbocycles. The van der Waals surface area contributed by atoms with Crippen LogP contribution in [0.15, 0.2) is 22.6 Å². The molecule has 1 aliphatic rings. The first-order valence-electron chi connectivity index (χ1n) is 7.05. The Morgan fingerprint density at radius 2 is 2.38 bits per heavy atom. The van der Waals surface area contributed by atoms with Crippen molar-refractivity contribution >= 4 is 31.1 Å². The summed E-state index contributed by atoms with van der Waals surface area (Å²) in [4.78, 5) is 20.3. The number of carbonyl (C=O) groups is 1. The van der Waals surface area contributed by atoms with Crippen molar-refractivity contribution in [1.82, 2.24) is 20.6 Å². The van der Waals surface area contributed by atoms with Crippen molar-refractivity contribution in [2.24, 2.45) is 0 Å². The number of aromatic nitrogens is 2. The summed E-state index contributed by atoms with van der Waals surface area (Å²) in [5, 5.41) is 6.81. The first kappa shape index (κ1) is 15.9. The quantitative estimate of drug-likeness (QED) is 0.478. The van der Waals surface area contributed by atoms with E-state index in [9.17, 15) is 4.79 Å². The van der Waals surface area contributed by atoms with Gasteiger partial charge in [0.05, 0.1) is 12.1 Å². The Morgan fingerprint density at radius 3 is 3.05 bits per heavy atom. The van der Waals surface area contributed by atoms with Crippen molar-refractivity contribution < 1.29 is 4.79 Å². The summed E-state index contributed by atoms with van der Waals surface area (Å²) < 4.78 is 0. The van der Waals surface area contributed by atoms with Crippen LogP contribution < -0.4 is 16.2 Å². The molecule has 0 spiro atoms. The molecule has 110 valence electrons. The van der Waals surface area contributed by atoms with Crippen molar-refractivity contribution in [3.63, 3.8) is 0 Å². The third kappa shape index (κ3) is 4.00. The second kappa shape index (κ2) is 7.50. The Kier molecular flexibility index (Phi) is 5.67. The SMILES string of the molecule is [B]c1nc(SC)ncc1C(=O)NCC1=C(CC)CCCN1.